The van der Waals surface area contributed by atoms with Gasteiger partial charge in [-0.3, -0.25) is 14.4 Å². The molecule has 3 aromatic carbocycles. The van der Waals surface area contributed by atoms with Gasteiger partial charge in [0.15, 0.2) is 18.7 Å². The smallest absolute Gasteiger partial charge is 0.507 e. The highest BCUT2D eigenvalue weighted by Crippen LogP contribution is 2.53. The minimum Gasteiger partial charge on any atom is -0.507 e. The van der Waals surface area contributed by atoms with E-state index in [1.807, 2.05) is 6.92 Å². The number of methoxy groups -OCH3 is 1. The predicted molar refractivity (Wildman–Crippen MR) is 260 cm³/mol. The van der Waals surface area contributed by atoms with Crippen molar-refractivity contribution in [3.05, 3.63) is 110 Å². The summed E-state index contributed by atoms with van der Waals surface area (Å²) >= 11 is 0. The van der Waals surface area contributed by atoms with Crippen LogP contribution in [0.5, 0.6) is 28.7 Å². The number of aliphatic hydroxyl groups excluding tert-OH is 1. The Hall–Kier alpha value is -5.84. The van der Waals surface area contributed by atoms with Gasteiger partial charge in [-0.25, -0.2) is 4.79 Å². The average Bonchev–Trinajstić information content (AvgIpc) is 3.30. The summed E-state index contributed by atoms with van der Waals surface area (Å²) < 4.78 is 34.9. The van der Waals surface area contributed by atoms with E-state index in [9.17, 15) is 39.6 Å². The SMILES string of the molecule is COc1cccc2c1C(=O)c1c(O)c3c(c(O)c1C2=O)CC(O)(C(=O)COC(=O)Oc1cc(C)c2c(c1)CCC(C)(CC/C=C(\C)CC/C=C(\C)CCC=C(C)C)O2)CC3OC1CC(N)C(O)C(C)O1. The number of hydrogen-bond acceptors (Lipinski definition) is 15. The Kier molecular flexibility index (Phi) is 15.8. The fourth-order valence-electron chi connectivity index (χ4n) is 10.0. The monoisotopic (exact) mass is 965 g/mol. The zero-order valence-electron chi connectivity index (χ0n) is 41.4. The van der Waals surface area contributed by atoms with E-state index in [0.29, 0.717) is 6.42 Å². The number of rotatable bonds is 16. The van der Waals surface area contributed by atoms with Gasteiger partial charge in [-0.15, -0.1) is 0 Å². The number of allylic oxidation sites excluding steroid dienone is 6. The lowest BCUT2D eigenvalue weighted by Gasteiger charge is -2.42. The Morgan fingerprint density at radius 1 is 0.943 bits per heavy atom. The summed E-state index contributed by atoms with van der Waals surface area (Å²) in [6, 6.07) is 6.91. The van der Waals surface area contributed by atoms with E-state index in [2.05, 4.69) is 52.8 Å². The minimum absolute atomic E-state index is 0.0422. The first-order valence-electron chi connectivity index (χ1n) is 24.1. The molecule has 1 saturated heterocycles. The number of hydrogen-bond donors (Lipinski definition) is 5. The number of fused-ring (bicyclic) bond motifs is 4. The third-order valence-corrected chi connectivity index (χ3v) is 14.1. The second-order valence-corrected chi connectivity index (χ2v) is 19.9. The molecule has 0 saturated carbocycles. The van der Waals surface area contributed by atoms with Crippen LogP contribution in [-0.4, -0.2) is 93.4 Å². The summed E-state index contributed by atoms with van der Waals surface area (Å²) in [5.41, 5.74) is 7.43. The van der Waals surface area contributed by atoms with Crippen molar-refractivity contribution >= 4 is 23.5 Å². The lowest BCUT2D eigenvalue weighted by Crippen LogP contribution is -2.53. The number of ketones is 3. The van der Waals surface area contributed by atoms with Crippen molar-refractivity contribution in [2.75, 3.05) is 13.7 Å². The first-order chi connectivity index (χ1) is 33.1. The predicted octanol–water partition coefficient (Wildman–Crippen LogP) is 8.82. The van der Waals surface area contributed by atoms with Gasteiger partial charge in [-0.05, 0) is 129 Å². The van der Waals surface area contributed by atoms with E-state index >= 15 is 0 Å². The molecule has 6 N–H and O–H groups in total. The Morgan fingerprint density at radius 2 is 1.63 bits per heavy atom. The van der Waals surface area contributed by atoms with Crippen molar-refractivity contribution in [1.82, 2.24) is 0 Å². The third kappa shape index (κ3) is 11.0. The van der Waals surface area contributed by atoms with Gasteiger partial charge in [0, 0.05) is 42.0 Å². The summed E-state index contributed by atoms with van der Waals surface area (Å²) in [6.45, 7) is 13.2. The van der Waals surface area contributed by atoms with E-state index in [-0.39, 0.29) is 45.8 Å². The van der Waals surface area contributed by atoms with Gasteiger partial charge in [0.05, 0.1) is 42.1 Å². The Labute approximate surface area is 409 Å². The summed E-state index contributed by atoms with van der Waals surface area (Å²) in [7, 11) is 1.32. The molecule has 376 valence electrons. The molecule has 15 heteroatoms. The number of ether oxygens (including phenoxy) is 6. The number of Topliss-reactive ketones (excluding diaryl/α,β-unsaturated/α-hetero) is 1. The van der Waals surface area contributed by atoms with E-state index < -0.39 is 102 Å². The van der Waals surface area contributed by atoms with Crippen LogP contribution in [0.25, 0.3) is 0 Å². The minimum atomic E-state index is -2.43. The van der Waals surface area contributed by atoms with Gasteiger partial charge in [0.2, 0.25) is 11.6 Å². The van der Waals surface area contributed by atoms with Crippen LogP contribution in [0.1, 0.15) is 160 Å². The topological polar surface area (TPSA) is 231 Å². The summed E-state index contributed by atoms with van der Waals surface area (Å²) in [5.74, 6) is -3.12. The Balaban J connectivity index is 1.02. The average molecular weight is 966 g/mol. The molecule has 7 unspecified atom stereocenters. The van der Waals surface area contributed by atoms with Crippen molar-refractivity contribution in [2.45, 2.75) is 161 Å². The maximum Gasteiger partial charge on any atom is 0.514 e. The summed E-state index contributed by atoms with van der Waals surface area (Å²) in [5, 5.41) is 46.3. The first kappa shape index (κ1) is 52.0. The lowest BCUT2D eigenvalue weighted by atomic mass is 9.72. The molecule has 7 atom stereocenters. The maximum absolute atomic E-state index is 14.1. The fraction of sp³-hybridized carbons (Fsp3) is 0.491. The van der Waals surface area contributed by atoms with E-state index in [1.54, 1.807) is 19.1 Å². The largest absolute Gasteiger partial charge is 0.514 e. The van der Waals surface area contributed by atoms with Crippen molar-refractivity contribution in [1.29, 1.82) is 0 Å². The molecule has 3 aromatic rings. The number of aliphatic hydroxyl groups is 2. The molecular weight excluding hydrogens is 899 g/mol. The van der Waals surface area contributed by atoms with Gasteiger partial charge < -0.3 is 54.6 Å². The summed E-state index contributed by atoms with van der Waals surface area (Å²) in [4.78, 5) is 55.2. The van der Waals surface area contributed by atoms with Crippen LogP contribution in [0.15, 0.2) is 65.3 Å². The number of phenols is 2. The Morgan fingerprint density at radius 3 is 2.31 bits per heavy atom. The van der Waals surface area contributed by atoms with E-state index in [1.165, 1.54) is 42.0 Å². The molecule has 1 fully saturated rings. The number of aromatic hydroxyl groups is 2. The van der Waals surface area contributed by atoms with Gasteiger partial charge in [-0.1, -0.05) is 47.1 Å². The molecule has 7 rings (SSSR count). The molecular formula is C55H67NO14. The third-order valence-electron chi connectivity index (χ3n) is 14.1. The van der Waals surface area contributed by atoms with Crippen molar-refractivity contribution in [2.24, 2.45) is 5.73 Å². The highest BCUT2D eigenvalue weighted by atomic mass is 16.7. The lowest BCUT2D eigenvalue weighted by molar-refractivity contribution is -0.247. The maximum atomic E-state index is 14.1. The van der Waals surface area contributed by atoms with Crippen LogP contribution in [0.2, 0.25) is 0 Å². The van der Waals surface area contributed by atoms with Crippen LogP contribution in [0.4, 0.5) is 4.79 Å². The van der Waals surface area contributed by atoms with Crippen molar-refractivity contribution < 1.29 is 68.0 Å². The van der Waals surface area contributed by atoms with Crippen LogP contribution in [0.3, 0.4) is 0 Å². The van der Waals surface area contributed by atoms with Crippen LogP contribution in [0, 0.1) is 6.92 Å². The second-order valence-electron chi connectivity index (χ2n) is 19.9. The highest BCUT2D eigenvalue weighted by Gasteiger charge is 2.51. The highest BCUT2D eigenvalue weighted by molar-refractivity contribution is 6.31. The zero-order chi connectivity index (χ0) is 50.8. The number of carbonyl (C=O) groups excluding carboxylic acids is 4. The van der Waals surface area contributed by atoms with E-state index in [4.69, 9.17) is 34.2 Å². The number of nitrogens with two attached hydrogens (primary N) is 1. The molecule has 0 spiro atoms. The quantitative estimate of drug-likeness (QED) is 0.0306. The Bertz CT molecular complexity index is 2630. The standard InChI is InChI=1S/C55H67NO14/c1-29(2)13-9-14-30(3)15-10-16-31(4)17-12-21-54(7)22-20-34-24-35(23-32(5)52(34)70-54)68-53(63)66-28-41(57)55(64)26-37-44(40(27-55)69-42-25-38(56)47(58)33(6)67-42)51(62)46-45(49(37)60)48(59)36-18-11-19-39(65-8)43(36)50(46)61/h11,13,15,17-19,23-24,33,38,40,42,47,58,60,62,64H,9-10,12,14,16,20-22,25-28,56H2,1-8H3/b30-15+,31-17+. The number of phenolic OH excluding ortho intramolecular Hbond substituents is 2. The van der Waals surface area contributed by atoms with Crippen LogP contribution < -0.4 is 19.9 Å². The summed E-state index contributed by atoms with van der Waals surface area (Å²) in [6.07, 6.45) is 7.29. The normalized spacial score (nSPS) is 25.2. The molecule has 0 amide bonds. The van der Waals surface area contributed by atoms with Gasteiger partial charge in [0.25, 0.3) is 0 Å². The van der Waals surface area contributed by atoms with Crippen LogP contribution in [-0.2, 0) is 31.8 Å². The molecule has 15 nitrogen and oxygen atoms in total. The van der Waals surface area contributed by atoms with Crippen molar-refractivity contribution in [3.8, 4) is 28.7 Å². The number of carbonyl (C=O) groups is 4. The molecule has 0 bridgehead atoms. The number of benzene rings is 3. The number of aryl methyl sites for hydroxylation is 2. The van der Waals surface area contributed by atoms with Crippen LogP contribution >= 0.6 is 0 Å². The molecule has 70 heavy (non-hydrogen) atoms. The second kappa shape index (κ2) is 21.3. The van der Waals surface area contributed by atoms with Gasteiger partial charge in [0.1, 0.15) is 39.9 Å². The van der Waals surface area contributed by atoms with Crippen molar-refractivity contribution in [3.63, 3.8) is 0 Å². The van der Waals surface area contributed by atoms with Gasteiger partial charge in [-0.2, -0.15) is 0 Å². The molecule has 4 aliphatic rings. The molecule has 2 aliphatic heterocycles. The van der Waals surface area contributed by atoms with E-state index in [0.717, 1.165) is 61.8 Å². The molecule has 2 heterocycles. The zero-order valence-corrected chi connectivity index (χ0v) is 41.4. The van der Waals surface area contributed by atoms with Gasteiger partial charge >= 0.3 is 6.16 Å². The molecule has 0 radical (unpaired) electrons. The fourth-order valence-corrected chi connectivity index (χ4v) is 10.0. The molecule has 2 aliphatic carbocycles. The molecule has 0 aromatic heterocycles. The first-order valence-corrected chi connectivity index (χ1v) is 24.1.